The zero-order valence-corrected chi connectivity index (χ0v) is 12.9. The van der Waals surface area contributed by atoms with Crippen molar-refractivity contribution in [1.82, 2.24) is 5.32 Å². The minimum absolute atomic E-state index is 0.0555. The summed E-state index contributed by atoms with van der Waals surface area (Å²) in [7, 11) is 0. The fraction of sp³-hybridized carbons (Fsp3) is 0.625. The molecule has 0 saturated heterocycles. The first-order valence-electron chi connectivity index (χ1n) is 7.35. The largest absolute Gasteiger partial charge is 0.435 e. The van der Waals surface area contributed by atoms with E-state index in [0.717, 1.165) is 25.1 Å². The molecule has 1 aromatic rings. The molecule has 1 unspecified atom stereocenters. The van der Waals surface area contributed by atoms with E-state index >= 15 is 0 Å². The van der Waals surface area contributed by atoms with E-state index in [1.165, 1.54) is 6.07 Å². The molecule has 0 aromatic heterocycles. The third kappa shape index (κ3) is 7.97. The molecule has 21 heavy (non-hydrogen) atoms. The van der Waals surface area contributed by atoms with Gasteiger partial charge in [-0.1, -0.05) is 26.0 Å². The fourth-order valence-electron chi connectivity index (χ4n) is 1.85. The van der Waals surface area contributed by atoms with Crippen LogP contribution < -0.4 is 10.1 Å². The molecule has 0 aliphatic rings. The van der Waals surface area contributed by atoms with E-state index in [2.05, 4.69) is 23.9 Å². The van der Waals surface area contributed by atoms with Crippen LogP contribution in [-0.4, -0.2) is 26.4 Å². The molecule has 0 aliphatic carbocycles. The lowest BCUT2D eigenvalue weighted by Crippen LogP contribution is -2.23. The smallest absolute Gasteiger partial charge is 0.387 e. The maximum Gasteiger partial charge on any atom is 0.387 e. The summed E-state index contributed by atoms with van der Waals surface area (Å²) in [6, 6.07) is 6.81. The number of hydrogen-bond donors (Lipinski definition) is 1. The van der Waals surface area contributed by atoms with Crippen molar-refractivity contribution in [3.8, 4) is 5.75 Å². The number of rotatable bonds is 10. The Morgan fingerprint density at radius 3 is 2.57 bits per heavy atom. The van der Waals surface area contributed by atoms with Crippen molar-refractivity contribution in [2.24, 2.45) is 5.92 Å². The van der Waals surface area contributed by atoms with Crippen molar-refractivity contribution in [3.63, 3.8) is 0 Å². The average Bonchev–Trinajstić information content (AvgIpc) is 2.41. The van der Waals surface area contributed by atoms with Gasteiger partial charge in [-0.25, -0.2) is 0 Å². The van der Waals surface area contributed by atoms with Gasteiger partial charge in [0.05, 0.1) is 6.61 Å². The van der Waals surface area contributed by atoms with Gasteiger partial charge in [0.15, 0.2) is 0 Å². The van der Waals surface area contributed by atoms with Gasteiger partial charge >= 0.3 is 6.61 Å². The molecule has 0 heterocycles. The second kappa shape index (κ2) is 9.68. The monoisotopic (exact) mass is 301 g/mol. The van der Waals surface area contributed by atoms with Gasteiger partial charge in [-0.3, -0.25) is 0 Å². The highest BCUT2D eigenvalue weighted by molar-refractivity contribution is 5.30. The Morgan fingerprint density at radius 2 is 1.90 bits per heavy atom. The normalized spacial score (nSPS) is 12.9. The molecule has 0 fully saturated rings. The number of benzene rings is 1. The van der Waals surface area contributed by atoms with E-state index in [4.69, 9.17) is 4.74 Å². The summed E-state index contributed by atoms with van der Waals surface area (Å²) in [5.41, 5.74) is 0.912. The molecule has 1 atom stereocenters. The Balaban J connectivity index is 2.29. The summed E-state index contributed by atoms with van der Waals surface area (Å²) < 4.78 is 34.3. The van der Waals surface area contributed by atoms with Crippen molar-refractivity contribution in [3.05, 3.63) is 29.8 Å². The second-order valence-electron chi connectivity index (χ2n) is 5.42. The first kappa shape index (κ1) is 17.9. The lowest BCUT2D eigenvalue weighted by atomic mass is 10.1. The van der Waals surface area contributed by atoms with Gasteiger partial charge in [0.1, 0.15) is 5.75 Å². The first-order chi connectivity index (χ1) is 9.99. The maximum atomic E-state index is 12.2. The van der Waals surface area contributed by atoms with Crippen molar-refractivity contribution in [2.45, 2.75) is 39.8 Å². The molecule has 5 heteroatoms. The van der Waals surface area contributed by atoms with Gasteiger partial charge in [-0.2, -0.15) is 8.78 Å². The van der Waals surface area contributed by atoms with Crippen molar-refractivity contribution >= 4 is 0 Å². The van der Waals surface area contributed by atoms with Crippen LogP contribution in [0.25, 0.3) is 0 Å². The molecular weight excluding hydrogens is 276 g/mol. The standard InChI is InChI=1S/C16H25F2NO2/c1-12(2)7-9-20-10-8-19-13(3)14-5-4-6-15(11-14)21-16(17)18/h4-6,11-13,16,19H,7-10H2,1-3H3. The van der Waals surface area contributed by atoms with Gasteiger partial charge in [-0.05, 0) is 37.0 Å². The Bertz CT molecular complexity index is 400. The summed E-state index contributed by atoms with van der Waals surface area (Å²) in [4.78, 5) is 0. The fourth-order valence-corrected chi connectivity index (χ4v) is 1.85. The molecular formula is C16H25F2NO2. The Morgan fingerprint density at radius 1 is 1.14 bits per heavy atom. The average molecular weight is 301 g/mol. The van der Waals surface area contributed by atoms with Crippen LogP contribution in [0.5, 0.6) is 5.75 Å². The van der Waals surface area contributed by atoms with Gasteiger partial charge in [0, 0.05) is 19.2 Å². The molecule has 3 nitrogen and oxygen atoms in total. The Hall–Kier alpha value is -1.20. The summed E-state index contributed by atoms with van der Waals surface area (Å²) in [5.74, 6) is 0.832. The molecule has 120 valence electrons. The van der Waals surface area contributed by atoms with Gasteiger partial charge in [0.25, 0.3) is 0 Å². The zero-order valence-electron chi connectivity index (χ0n) is 12.9. The van der Waals surface area contributed by atoms with E-state index in [1.807, 2.05) is 13.0 Å². The van der Waals surface area contributed by atoms with Crippen LogP contribution in [0.3, 0.4) is 0 Å². The predicted octanol–water partition coefficient (Wildman–Crippen LogP) is 4.00. The third-order valence-electron chi connectivity index (χ3n) is 3.12. The topological polar surface area (TPSA) is 30.5 Å². The van der Waals surface area contributed by atoms with Crippen molar-refractivity contribution < 1.29 is 18.3 Å². The van der Waals surface area contributed by atoms with E-state index in [9.17, 15) is 8.78 Å². The lowest BCUT2D eigenvalue weighted by molar-refractivity contribution is -0.0499. The number of ether oxygens (including phenoxy) is 2. The SMILES string of the molecule is CC(C)CCOCCNC(C)c1cccc(OC(F)F)c1. The molecule has 1 aromatic carbocycles. The van der Waals surface area contributed by atoms with Crippen molar-refractivity contribution in [2.75, 3.05) is 19.8 Å². The Labute approximate surface area is 125 Å². The molecule has 0 amide bonds. The molecule has 0 radical (unpaired) electrons. The van der Waals surface area contributed by atoms with Crippen LogP contribution in [0.2, 0.25) is 0 Å². The van der Waals surface area contributed by atoms with Crippen molar-refractivity contribution in [1.29, 1.82) is 0 Å². The molecule has 1 N–H and O–H groups in total. The summed E-state index contributed by atoms with van der Waals surface area (Å²) in [5, 5.41) is 3.30. The number of halogens is 2. The van der Waals surface area contributed by atoms with Crippen LogP contribution in [-0.2, 0) is 4.74 Å². The summed E-state index contributed by atoms with van der Waals surface area (Å²) in [6.45, 7) is 5.65. The van der Waals surface area contributed by atoms with Crippen LogP contribution in [0.15, 0.2) is 24.3 Å². The highest BCUT2D eigenvalue weighted by atomic mass is 19.3. The molecule has 0 aliphatic heterocycles. The predicted molar refractivity (Wildman–Crippen MR) is 79.8 cm³/mol. The maximum absolute atomic E-state index is 12.2. The minimum atomic E-state index is -2.79. The second-order valence-corrected chi connectivity index (χ2v) is 5.42. The summed E-state index contributed by atoms with van der Waals surface area (Å²) in [6.07, 6.45) is 1.06. The highest BCUT2D eigenvalue weighted by Crippen LogP contribution is 2.20. The Kier molecular flexibility index (Phi) is 8.23. The summed E-state index contributed by atoms with van der Waals surface area (Å²) >= 11 is 0. The number of nitrogens with one attached hydrogen (secondary N) is 1. The van der Waals surface area contributed by atoms with Gasteiger partial charge in [-0.15, -0.1) is 0 Å². The lowest BCUT2D eigenvalue weighted by Gasteiger charge is -2.15. The minimum Gasteiger partial charge on any atom is -0.435 e. The van der Waals surface area contributed by atoms with Crippen LogP contribution in [0.1, 0.15) is 38.8 Å². The molecule has 1 rings (SSSR count). The highest BCUT2D eigenvalue weighted by Gasteiger charge is 2.08. The molecule has 0 bridgehead atoms. The van der Waals surface area contributed by atoms with Crippen LogP contribution >= 0.6 is 0 Å². The first-order valence-corrected chi connectivity index (χ1v) is 7.35. The van der Waals surface area contributed by atoms with Crippen LogP contribution in [0.4, 0.5) is 8.78 Å². The van der Waals surface area contributed by atoms with E-state index < -0.39 is 6.61 Å². The van der Waals surface area contributed by atoms with E-state index in [1.54, 1.807) is 12.1 Å². The molecule has 0 spiro atoms. The van der Waals surface area contributed by atoms with E-state index in [-0.39, 0.29) is 11.8 Å². The molecule has 0 saturated carbocycles. The van der Waals surface area contributed by atoms with E-state index in [0.29, 0.717) is 12.5 Å². The quantitative estimate of drug-likeness (QED) is 0.663. The van der Waals surface area contributed by atoms with Gasteiger partial charge < -0.3 is 14.8 Å². The van der Waals surface area contributed by atoms with Crippen LogP contribution in [0, 0.1) is 5.92 Å². The van der Waals surface area contributed by atoms with Gasteiger partial charge in [0.2, 0.25) is 0 Å². The number of hydrogen-bond acceptors (Lipinski definition) is 3. The third-order valence-corrected chi connectivity index (χ3v) is 3.12. The zero-order chi connectivity index (χ0) is 15.7. The number of alkyl halides is 2.